The molecule has 1 amide bonds. The van der Waals surface area contributed by atoms with Crippen molar-refractivity contribution in [1.82, 2.24) is 10.0 Å². The van der Waals surface area contributed by atoms with E-state index in [1.54, 1.807) is 13.0 Å². The Morgan fingerprint density at radius 2 is 1.76 bits per heavy atom. The standard InChI is InChI=1S/C26H31F3N2O2/c1-19-15-21(17-23(16-19)26(27,28)29)20(2)33-18-25(22-7-4-3-5-8-22)10-13-30(14-11-25)31-12-6-9-24(31)32/h3-5,7-8,15-17,20H,6,9-14,18H2,1-2H3. The number of hydrazine groups is 1. The van der Waals surface area contributed by atoms with Crippen LogP contribution in [0.5, 0.6) is 0 Å². The lowest BCUT2D eigenvalue weighted by atomic mass is 9.73. The van der Waals surface area contributed by atoms with Gasteiger partial charge in [0.1, 0.15) is 0 Å². The van der Waals surface area contributed by atoms with Crippen LogP contribution in [0, 0.1) is 6.92 Å². The maximum absolute atomic E-state index is 13.3. The highest BCUT2D eigenvalue weighted by atomic mass is 19.4. The van der Waals surface area contributed by atoms with Crippen LogP contribution in [0.3, 0.4) is 0 Å². The summed E-state index contributed by atoms with van der Waals surface area (Å²) < 4.78 is 46.1. The Morgan fingerprint density at radius 3 is 2.36 bits per heavy atom. The molecule has 2 heterocycles. The van der Waals surface area contributed by atoms with E-state index in [4.69, 9.17) is 4.74 Å². The molecule has 4 rings (SSSR count). The molecule has 2 aliphatic rings. The topological polar surface area (TPSA) is 32.8 Å². The number of benzene rings is 2. The fourth-order valence-corrected chi connectivity index (χ4v) is 5.00. The second-order valence-electron chi connectivity index (χ2n) is 9.30. The lowest BCUT2D eigenvalue weighted by Crippen LogP contribution is -2.52. The number of piperidine rings is 1. The predicted octanol–water partition coefficient (Wildman–Crippen LogP) is 5.66. The van der Waals surface area contributed by atoms with Gasteiger partial charge in [-0.2, -0.15) is 13.2 Å². The van der Waals surface area contributed by atoms with Gasteiger partial charge in [-0.1, -0.05) is 42.0 Å². The normalized spacial score (nSPS) is 20.3. The van der Waals surface area contributed by atoms with Crippen molar-refractivity contribution in [2.45, 2.75) is 57.2 Å². The average Bonchev–Trinajstić information content (AvgIpc) is 3.23. The minimum Gasteiger partial charge on any atom is -0.373 e. The van der Waals surface area contributed by atoms with Gasteiger partial charge in [-0.25, -0.2) is 5.01 Å². The van der Waals surface area contributed by atoms with Crippen LogP contribution in [0.15, 0.2) is 48.5 Å². The van der Waals surface area contributed by atoms with E-state index in [0.29, 0.717) is 24.2 Å². The summed E-state index contributed by atoms with van der Waals surface area (Å²) in [4.78, 5) is 12.2. The molecule has 0 spiro atoms. The monoisotopic (exact) mass is 460 g/mol. The number of nitrogens with zero attached hydrogens (tertiary/aromatic N) is 2. The third-order valence-corrected chi connectivity index (χ3v) is 6.98. The van der Waals surface area contributed by atoms with Crippen LogP contribution >= 0.6 is 0 Å². The van der Waals surface area contributed by atoms with E-state index in [0.717, 1.165) is 45.0 Å². The molecule has 2 aromatic carbocycles. The van der Waals surface area contributed by atoms with E-state index in [9.17, 15) is 18.0 Å². The Labute approximate surface area is 193 Å². The van der Waals surface area contributed by atoms with Crippen molar-refractivity contribution in [3.8, 4) is 0 Å². The van der Waals surface area contributed by atoms with E-state index in [1.807, 2.05) is 30.1 Å². The van der Waals surface area contributed by atoms with Crippen molar-refractivity contribution < 1.29 is 22.7 Å². The number of hydrogen-bond acceptors (Lipinski definition) is 3. The molecule has 0 N–H and O–H groups in total. The quantitative estimate of drug-likeness (QED) is 0.558. The Balaban J connectivity index is 1.51. The summed E-state index contributed by atoms with van der Waals surface area (Å²) in [6.07, 6.45) is -1.71. The summed E-state index contributed by atoms with van der Waals surface area (Å²) in [6, 6.07) is 14.3. The number of carbonyl (C=O) groups is 1. The first-order valence-corrected chi connectivity index (χ1v) is 11.6. The molecule has 2 fully saturated rings. The van der Waals surface area contributed by atoms with Gasteiger partial charge in [-0.15, -0.1) is 0 Å². The minimum absolute atomic E-state index is 0.187. The molecule has 0 bridgehead atoms. The minimum atomic E-state index is -4.38. The zero-order valence-corrected chi connectivity index (χ0v) is 19.2. The van der Waals surface area contributed by atoms with E-state index < -0.39 is 17.8 Å². The van der Waals surface area contributed by atoms with Gasteiger partial charge in [0.05, 0.1) is 18.3 Å². The van der Waals surface area contributed by atoms with Crippen molar-refractivity contribution >= 4 is 5.91 Å². The summed E-state index contributed by atoms with van der Waals surface area (Å²) in [5.41, 5.74) is 1.38. The number of aryl methyl sites for hydroxylation is 1. The molecule has 0 aromatic heterocycles. The van der Waals surface area contributed by atoms with Crippen LogP contribution in [0.4, 0.5) is 13.2 Å². The van der Waals surface area contributed by atoms with Gasteiger partial charge < -0.3 is 4.74 Å². The molecular formula is C26H31F3N2O2. The Morgan fingerprint density at radius 1 is 1.06 bits per heavy atom. The maximum atomic E-state index is 13.3. The van der Waals surface area contributed by atoms with Gasteiger partial charge in [0.2, 0.25) is 5.91 Å². The third-order valence-electron chi connectivity index (χ3n) is 6.98. The second-order valence-corrected chi connectivity index (χ2v) is 9.30. The smallest absolute Gasteiger partial charge is 0.373 e. The fourth-order valence-electron chi connectivity index (χ4n) is 5.00. The summed E-state index contributed by atoms with van der Waals surface area (Å²) in [5.74, 6) is 0.187. The van der Waals surface area contributed by atoms with Crippen LogP contribution in [0.25, 0.3) is 0 Å². The van der Waals surface area contributed by atoms with Crippen LogP contribution in [0.2, 0.25) is 0 Å². The zero-order valence-electron chi connectivity index (χ0n) is 19.2. The van der Waals surface area contributed by atoms with Crippen molar-refractivity contribution in [2.75, 3.05) is 26.2 Å². The molecule has 33 heavy (non-hydrogen) atoms. The molecule has 2 aliphatic heterocycles. The van der Waals surface area contributed by atoms with Crippen LogP contribution in [-0.2, 0) is 21.1 Å². The van der Waals surface area contributed by atoms with E-state index in [2.05, 4.69) is 17.1 Å². The Hall–Kier alpha value is -2.38. The molecule has 0 radical (unpaired) electrons. The predicted molar refractivity (Wildman–Crippen MR) is 120 cm³/mol. The van der Waals surface area contributed by atoms with Crippen molar-refractivity contribution in [2.24, 2.45) is 0 Å². The molecule has 4 nitrogen and oxygen atoms in total. The number of ether oxygens (including phenoxy) is 1. The number of hydrogen-bond donors (Lipinski definition) is 0. The molecule has 0 saturated carbocycles. The van der Waals surface area contributed by atoms with Gasteiger partial charge in [0.15, 0.2) is 0 Å². The van der Waals surface area contributed by atoms with Gasteiger partial charge in [0.25, 0.3) is 0 Å². The van der Waals surface area contributed by atoms with Crippen molar-refractivity contribution in [3.05, 3.63) is 70.8 Å². The van der Waals surface area contributed by atoms with Crippen LogP contribution in [-0.4, -0.2) is 42.2 Å². The first-order valence-electron chi connectivity index (χ1n) is 11.6. The number of alkyl halides is 3. The van der Waals surface area contributed by atoms with E-state index >= 15 is 0 Å². The summed E-state index contributed by atoms with van der Waals surface area (Å²) in [5, 5.41) is 4.03. The van der Waals surface area contributed by atoms with Crippen LogP contribution < -0.4 is 0 Å². The number of halogens is 3. The van der Waals surface area contributed by atoms with Gasteiger partial charge >= 0.3 is 6.18 Å². The molecular weight excluding hydrogens is 429 g/mol. The maximum Gasteiger partial charge on any atom is 0.416 e. The number of rotatable bonds is 6. The van der Waals surface area contributed by atoms with Gasteiger partial charge in [-0.3, -0.25) is 9.80 Å². The van der Waals surface area contributed by atoms with Gasteiger partial charge in [-0.05, 0) is 56.4 Å². The summed E-state index contributed by atoms with van der Waals surface area (Å²) in [7, 11) is 0. The second kappa shape index (κ2) is 9.47. The molecule has 2 saturated heterocycles. The highest BCUT2D eigenvalue weighted by Gasteiger charge is 2.40. The lowest BCUT2D eigenvalue weighted by molar-refractivity contribution is -0.147. The number of amides is 1. The summed E-state index contributed by atoms with van der Waals surface area (Å²) in [6.45, 7) is 6.18. The molecule has 178 valence electrons. The molecule has 0 aliphatic carbocycles. The van der Waals surface area contributed by atoms with E-state index in [1.165, 1.54) is 11.6 Å². The molecule has 1 unspecified atom stereocenters. The fraction of sp³-hybridized carbons (Fsp3) is 0.500. The average molecular weight is 461 g/mol. The highest BCUT2D eigenvalue weighted by Crippen LogP contribution is 2.39. The van der Waals surface area contributed by atoms with Crippen molar-refractivity contribution in [3.63, 3.8) is 0 Å². The number of carbonyl (C=O) groups excluding carboxylic acids is 1. The SMILES string of the molecule is Cc1cc(C(C)OCC2(c3ccccc3)CCN(N3CCCC3=O)CC2)cc(C(F)(F)F)c1. The lowest BCUT2D eigenvalue weighted by Gasteiger charge is -2.45. The molecule has 2 aromatic rings. The first-order chi connectivity index (χ1) is 15.7. The highest BCUT2D eigenvalue weighted by molar-refractivity contribution is 5.77. The van der Waals surface area contributed by atoms with E-state index in [-0.39, 0.29) is 11.3 Å². The third kappa shape index (κ3) is 5.25. The van der Waals surface area contributed by atoms with Crippen molar-refractivity contribution in [1.29, 1.82) is 0 Å². The zero-order chi connectivity index (χ0) is 23.6. The summed E-state index contributed by atoms with van der Waals surface area (Å²) >= 11 is 0. The van der Waals surface area contributed by atoms with Gasteiger partial charge in [0, 0.05) is 31.5 Å². The molecule has 7 heteroatoms. The largest absolute Gasteiger partial charge is 0.416 e. The Kier molecular flexibility index (Phi) is 6.82. The molecule has 1 atom stereocenters. The first kappa shape index (κ1) is 23.8. The van der Waals surface area contributed by atoms with Crippen LogP contribution in [0.1, 0.15) is 61.0 Å². The Bertz CT molecular complexity index is 969.